The van der Waals surface area contributed by atoms with Crippen molar-refractivity contribution >= 4 is 12.0 Å². The maximum atomic E-state index is 12.4. The Bertz CT molecular complexity index is 706. The van der Waals surface area contributed by atoms with Crippen LogP contribution >= 0.6 is 0 Å². The van der Waals surface area contributed by atoms with E-state index in [0.717, 1.165) is 0 Å². The van der Waals surface area contributed by atoms with Crippen LogP contribution in [0.15, 0.2) is 29.5 Å². The highest BCUT2D eigenvalue weighted by Crippen LogP contribution is 2.35. The van der Waals surface area contributed by atoms with E-state index < -0.39 is 24.7 Å². The van der Waals surface area contributed by atoms with Gasteiger partial charge < -0.3 is 24.8 Å². The predicted octanol–water partition coefficient (Wildman–Crippen LogP) is 2.49. The second-order valence-corrected chi connectivity index (χ2v) is 5.08. The minimum absolute atomic E-state index is 0.0476. The van der Waals surface area contributed by atoms with Crippen LogP contribution in [0, 0.1) is 0 Å². The molecule has 0 fully saturated rings. The molecule has 1 aromatic rings. The van der Waals surface area contributed by atoms with Crippen molar-refractivity contribution in [2.24, 2.45) is 0 Å². The largest absolute Gasteiger partial charge is 0.493 e. The van der Waals surface area contributed by atoms with Crippen molar-refractivity contribution in [3.05, 3.63) is 35.0 Å². The number of nitrogens with one attached hydrogen (secondary N) is 2. The molecule has 25 heavy (non-hydrogen) atoms. The van der Waals surface area contributed by atoms with Gasteiger partial charge in [0.15, 0.2) is 11.5 Å². The topological polar surface area (TPSA) is 85.9 Å². The number of hydrogen-bond donors (Lipinski definition) is 2. The van der Waals surface area contributed by atoms with E-state index in [0.29, 0.717) is 11.3 Å². The Morgan fingerprint density at radius 1 is 1.32 bits per heavy atom. The van der Waals surface area contributed by atoms with Crippen LogP contribution in [0.3, 0.4) is 0 Å². The molecule has 0 spiro atoms. The van der Waals surface area contributed by atoms with E-state index in [1.807, 2.05) is 0 Å². The van der Waals surface area contributed by atoms with Crippen LogP contribution in [0.5, 0.6) is 11.5 Å². The average Bonchev–Trinajstić information content (AvgIpc) is 2.54. The first-order valence-corrected chi connectivity index (χ1v) is 7.45. The quantitative estimate of drug-likeness (QED) is 0.765. The van der Waals surface area contributed by atoms with Gasteiger partial charge in [0.2, 0.25) is 0 Å². The molecule has 9 heteroatoms. The monoisotopic (exact) mass is 356 g/mol. The molecule has 1 aliphatic heterocycles. The highest BCUT2D eigenvalue weighted by Gasteiger charge is 2.32. The van der Waals surface area contributed by atoms with Gasteiger partial charge >= 0.3 is 18.6 Å². The fraction of sp³-hybridized carbons (Fsp3) is 0.375. The Morgan fingerprint density at radius 3 is 2.64 bits per heavy atom. The van der Waals surface area contributed by atoms with Crippen molar-refractivity contribution in [3.63, 3.8) is 0 Å². The summed E-state index contributed by atoms with van der Waals surface area (Å²) in [5, 5.41) is 5.12. The van der Waals surface area contributed by atoms with Crippen molar-refractivity contribution in [1.82, 2.24) is 10.6 Å². The number of rotatable bonds is 6. The fourth-order valence-electron chi connectivity index (χ4n) is 2.48. The number of amides is 2. The van der Waals surface area contributed by atoms with Crippen LogP contribution in [0.25, 0.3) is 0 Å². The lowest BCUT2D eigenvalue weighted by molar-refractivity contribution is -0.139. The van der Waals surface area contributed by atoms with Crippen molar-refractivity contribution in [2.75, 3.05) is 13.7 Å². The number of benzene rings is 1. The third-order valence-electron chi connectivity index (χ3n) is 3.50. The predicted molar refractivity (Wildman–Crippen MR) is 83.4 cm³/mol. The van der Waals surface area contributed by atoms with Crippen molar-refractivity contribution in [3.8, 4) is 11.5 Å². The first-order valence-electron chi connectivity index (χ1n) is 7.45. The van der Waals surface area contributed by atoms with Gasteiger partial charge in [0.05, 0.1) is 25.3 Å². The Kier molecular flexibility index (Phi) is 5.79. The van der Waals surface area contributed by atoms with Gasteiger partial charge in [0.1, 0.15) is 0 Å². The summed E-state index contributed by atoms with van der Waals surface area (Å²) in [6.07, 6.45) is 0. The van der Waals surface area contributed by atoms with Crippen molar-refractivity contribution in [1.29, 1.82) is 0 Å². The van der Waals surface area contributed by atoms with Gasteiger partial charge in [-0.25, -0.2) is 9.59 Å². The van der Waals surface area contributed by atoms with Crippen molar-refractivity contribution in [2.45, 2.75) is 26.5 Å². The molecule has 0 unspecified atom stereocenters. The van der Waals surface area contributed by atoms with E-state index in [-0.39, 0.29) is 23.7 Å². The Morgan fingerprint density at radius 2 is 2.04 bits per heavy atom. The van der Waals surface area contributed by atoms with Gasteiger partial charge in [-0.1, -0.05) is 6.07 Å². The number of allylic oxidation sites excluding steroid dienone is 1. The highest BCUT2D eigenvalue weighted by molar-refractivity contribution is 5.95. The number of carbonyl (C=O) groups excluding carboxylic acids is 2. The summed E-state index contributed by atoms with van der Waals surface area (Å²) in [4.78, 5) is 24.0. The zero-order valence-corrected chi connectivity index (χ0v) is 13.9. The van der Waals surface area contributed by atoms with Crippen molar-refractivity contribution < 1.29 is 32.6 Å². The Hall–Kier alpha value is -2.84. The number of ether oxygens (including phenoxy) is 3. The first-order chi connectivity index (χ1) is 11.9. The second kappa shape index (κ2) is 7.82. The molecule has 2 amide bonds. The number of esters is 1. The van der Waals surface area contributed by atoms with Gasteiger partial charge in [0.25, 0.3) is 0 Å². The SMILES string of the molecule is CCOC(=O)C1=C(C)NC(=O)N[C@@H]1c1ccc(OC(F)F)c(OC)c1. The fourth-order valence-corrected chi connectivity index (χ4v) is 2.48. The van der Waals surface area contributed by atoms with Crippen LogP contribution < -0.4 is 20.1 Å². The Balaban J connectivity index is 2.44. The first kappa shape index (κ1) is 18.5. The molecule has 0 bridgehead atoms. The summed E-state index contributed by atoms with van der Waals surface area (Å²) in [6.45, 7) is 0.400. The molecule has 0 aromatic heterocycles. The lowest BCUT2D eigenvalue weighted by Crippen LogP contribution is -2.45. The van der Waals surface area contributed by atoms with Gasteiger partial charge in [0, 0.05) is 5.70 Å². The molecule has 136 valence electrons. The highest BCUT2D eigenvalue weighted by atomic mass is 19.3. The maximum absolute atomic E-state index is 12.4. The zero-order valence-electron chi connectivity index (χ0n) is 13.9. The number of carbonyl (C=O) groups is 2. The molecule has 0 saturated heterocycles. The van der Waals surface area contributed by atoms with Gasteiger partial charge in [-0.05, 0) is 31.5 Å². The lowest BCUT2D eigenvalue weighted by atomic mass is 9.95. The summed E-state index contributed by atoms with van der Waals surface area (Å²) in [7, 11) is 1.30. The number of methoxy groups -OCH3 is 1. The molecule has 1 aromatic carbocycles. The number of halogens is 2. The summed E-state index contributed by atoms with van der Waals surface area (Å²) in [6, 6.07) is 2.85. The molecule has 1 heterocycles. The van der Waals surface area contributed by atoms with E-state index in [2.05, 4.69) is 15.4 Å². The smallest absolute Gasteiger partial charge is 0.387 e. The number of alkyl halides is 2. The molecule has 1 atom stereocenters. The average molecular weight is 356 g/mol. The molecule has 0 aliphatic carbocycles. The van der Waals surface area contributed by atoms with Crippen LogP contribution in [0.2, 0.25) is 0 Å². The molecule has 2 rings (SSSR count). The number of urea groups is 1. The standard InChI is InChI=1S/C16H18F2N2O5/c1-4-24-14(21)12-8(2)19-16(22)20-13(12)9-5-6-10(25-15(17)18)11(7-9)23-3/h5-7,13,15H,4H2,1-3H3,(H2,19,20,22)/t13-/m1/s1. The van der Waals surface area contributed by atoms with E-state index in [1.54, 1.807) is 13.8 Å². The molecule has 2 N–H and O–H groups in total. The second-order valence-electron chi connectivity index (χ2n) is 5.08. The summed E-state index contributed by atoms with van der Waals surface area (Å²) in [5.74, 6) is -0.698. The maximum Gasteiger partial charge on any atom is 0.387 e. The van der Waals surface area contributed by atoms with E-state index in [4.69, 9.17) is 9.47 Å². The van der Waals surface area contributed by atoms with Gasteiger partial charge in [-0.15, -0.1) is 0 Å². The van der Waals surface area contributed by atoms with E-state index in [9.17, 15) is 18.4 Å². The zero-order chi connectivity index (χ0) is 18.6. The van der Waals surface area contributed by atoms with Crippen LogP contribution in [-0.2, 0) is 9.53 Å². The number of hydrogen-bond acceptors (Lipinski definition) is 5. The molecule has 0 radical (unpaired) electrons. The van der Waals surface area contributed by atoms with E-state index >= 15 is 0 Å². The normalized spacial score (nSPS) is 17.0. The minimum Gasteiger partial charge on any atom is -0.493 e. The molecular formula is C16H18F2N2O5. The molecule has 7 nitrogen and oxygen atoms in total. The van der Waals surface area contributed by atoms with E-state index in [1.165, 1.54) is 25.3 Å². The van der Waals surface area contributed by atoms with Gasteiger partial charge in [-0.2, -0.15) is 8.78 Å². The van der Waals surface area contributed by atoms with Crippen LogP contribution in [0.1, 0.15) is 25.5 Å². The summed E-state index contributed by atoms with van der Waals surface area (Å²) in [5.41, 5.74) is 1.01. The molecular weight excluding hydrogens is 338 g/mol. The summed E-state index contributed by atoms with van der Waals surface area (Å²) < 4.78 is 39.3. The van der Waals surface area contributed by atoms with Gasteiger partial charge in [-0.3, -0.25) is 0 Å². The minimum atomic E-state index is -3.00. The third-order valence-corrected chi connectivity index (χ3v) is 3.50. The summed E-state index contributed by atoms with van der Waals surface area (Å²) >= 11 is 0. The van der Waals surface area contributed by atoms with Crippen LogP contribution in [0.4, 0.5) is 13.6 Å². The lowest BCUT2D eigenvalue weighted by Gasteiger charge is -2.28. The molecule has 1 aliphatic rings. The van der Waals surface area contributed by atoms with Crippen LogP contribution in [-0.4, -0.2) is 32.3 Å². The third kappa shape index (κ3) is 4.17. The molecule has 0 saturated carbocycles. The Labute approximate surface area is 142 Å².